The van der Waals surface area contributed by atoms with E-state index >= 15 is 0 Å². The van der Waals surface area contributed by atoms with Crippen LogP contribution in [0.25, 0.3) is 0 Å². The van der Waals surface area contributed by atoms with E-state index in [1.165, 1.54) is 81.8 Å². The number of methoxy groups -OCH3 is 1. The topological polar surface area (TPSA) is 32.8 Å². The third kappa shape index (κ3) is 4.10. The Labute approximate surface area is 228 Å². The molecule has 1 aliphatic heterocycles. The van der Waals surface area contributed by atoms with Crippen molar-refractivity contribution >= 4 is 5.91 Å². The van der Waals surface area contributed by atoms with Gasteiger partial charge in [-0.25, -0.2) is 0 Å². The zero-order valence-electron chi connectivity index (χ0n) is 23.2. The standard InChI is InChI=1S/C34H44N2O2/c1-38-31-11-10-28(21-30(31)33-22-25-18-26(23-33)20-27(19-25)24-33)32(37)35-14-16-36(17-15-35)34(12-6-3-7-13-34)29-8-4-2-5-9-29/h2,4-5,8-11,21,25-27H,3,6-7,12-20,22-24H2,1H3. The average molecular weight is 513 g/mol. The number of hydrogen-bond acceptors (Lipinski definition) is 3. The molecule has 1 amide bonds. The summed E-state index contributed by atoms with van der Waals surface area (Å²) >= 11 is 0. The largest absolute Gasteiger partial charge is 0.496 e. The molecule has 5 aliphatic carbocycles. The molecule has 1 heterocycles. The molecular weight excluding hydrogens is 468 g/mol. The molecule has 0 unspecified atom stereocenters. The second-order valence-electron chi connectivity index (χ2n) is 13.4. The van der Waals surface area contributed by atoms with Crippen LogP contribution in [0.4, 0.5) is 0 Å². The highest BCUT2D eigenvalue weighted by atomic mass is 16.5. The van der Waals surface area contributed by atoms with Gasteiger partial charge < -0.3 is 9.64 Å². The van der Waals surface area contributed by atoms with Gasteiger partial charge in [-0.05, 0) is 98.3 Å². The van der Waals surface area contributed by atoms with Gasteiger partial charge in [0.05, 0.1) is 7.11 Å². The molecule has 6 fully saturated rings. The zero-order valence-corrected chi connectivity index (χ0v) is 23.2. The number of benzene rings is 2. The van der Waals surface area contributed by atoms with Gasteiger partial charge in [-0.2, -0.15) is 0 Å². The van der Waals surface area contributed by atoms with Crippen LogP contribution in [0.2, 0.25) is 0 Å². The molecular formula is C34H44N2O2. The second kappa shape index (κ2) is 9.70. The Morgan fingerprint density at radius 3 is 2.05 bits per heavy atom. The summed E-state index contributed by atoms with van der Waals surface area (Å²) in [6.45, 7) is 3.54. The van der Waals surface area contributed by atoms with Gasteiger partial charge in [-0.3, -0.25) is 9.69 Å². The SMILES string of the molecule is COc1ccc(C(=O)N2CCN(C3(c4ccccc4)CCCCC3)CC2)cc1C12CC3CC(CC(C3)C1)C2. The van der Waals surface area contributed by atoms with Gasteiger partial charge in [0.15, 0.2) is 0 Å². The van der Waals surface area contributed by atoms with Crippen molar-refractivity contribution in [3.63, 3.8) is 0 Å². The second-order valence-corrected chi connectivity index (χ2v) is 13.4. The molecule has 0 radical (unpaired) electrons. The number of carbonyl (C=O) groups is 1. The van der Waals surface area contributed by atoms with Gasteiger partial charge >= 0.3 is 0 Å². The van der Waals surface area contributed by atoms with Crippen molar-refractivity contribution in [2.45, 2.75) is 81.6 Å². The molecule has 0 atom stereocenters. The molecule has 202 valence electrons. The highest BCUT2D eigenvalue weighted by molar-refractivity contribution is 5.94. The lowest BCUT2D eigenvalue weighted by atomic mass is 9.48. The maximum absolute atomic E-state index is 13.9. The molecule has 38 heavy (non-hydrogen) atoms. The molecule has 6 aliphatic rings. The maximum atomic E-state index is 13.9. The first-order valence-electron chi connectivity index (χ1n) is 15.4. The zero-order chi connectivity index (χ0) is 25.7. The first-order chi connectivity index (χ1) is 18.6. The highest BCUT2D eigenvalue weighted by Gasteiger charge is 2.52. The van der Waals surface area contributed by atoms with Crippen molar-refractivity contribution in [1.29, 1.82) is 0 Å². The lowest BCUT2D eigenvalue weighted by molar-refractivity contribution is -0.00624. The molecule has 4 bridgehead atoms. The number of rotatable bonds is 5. The summed E-state index contributed by atoms with van der Waals surface area (Å²) in [5.74, 6) is 3.81. The predicted octanol–water partition coefficient (Wildman–Crippen LogP) is 6.78. The maximum Gasteiger partial charge on any atom is 0.253 e. The van der Waals surface area contributed by atoms with E-state index in [9.17, 15) is 4.79 Å². The molecule has 2 aromatic carbocycles. The fraction of sp³-hybridized carbons (Fsp3) is 0.618. The number of nitrogens with zero attached hydrogens (tertiary/aromatic N) is 2. The summed E-state index contributed by atoms with van der Waals surface area (Å²) in [6.07, 6.45) is 14.5. The van der Waals surface area contributed by atoms with E-state index in [0.717, 1.165) is 55.2 Å². The van der Waals surface area contributed by atoms with Crippen molar-refractivity contribution < 1.29 is 9.53 Å². The number of ether oxygens (including phenoxy) is 1. The van der Waals surface area contributed by atoms with Crippen molar-refractivity contribution in [2.75, 3.05) is 33.3 Å². The molecule has 4 heteroatoms. The first kappa shape index (κ1) is 24.7. The molecule has 0 N–H and O–H groups in total. The minimum absolute atomic E-state index is 0.139. The number of amides is 1. The van der Waals surface area contributed by atoms with E-state index in [-0.39, 0.29) is 16.9 Å². The van der Waals surface area contributed by atoms with E-state index in [0.29, 0.717) is 0 Å². The summed E-state index contributed by atoms with van der Waals surface area (Å²) in [5.41, 5.74) is 4.02. The van der Waals surface area contributed by atoms with Crippen LogP contribution in [0, 0.1) is 17.8 Å². The molecule has 4 nitrogen and oxygen atoms in total. The summed E-state index contributed by atoms with van der Waals surface area (Å²) in [4.78, 5) is 18.7. The van der Waals surface area contributed by atoms with Crippen LogP contribution in [0.15, 0.2) is 48.5 Å². The molecule has 5 saturated carbocycles. The van der Waals surface area contributed by atoms with Gasteiger partial charge in [-0.1, -0.05) is 49.6 Å². The van der Waals surface area contributed by atoms with Crippen LogP contribution in [-0.4, -0.2) is 49.0 Å². The van der Waals surface area contributed by atoms with Crippen LogP contribution in [-0.2, 0) is 11.0 Å². The summed E-state index contributed by atoms with van der Waals surface area (Å²) in [7, 11) is 1.80. The van der Waals surface area contributed by atoms with Crippen molar-refractivity contribution in [3.8, 4) is 5.75 Å². The Morgan fingerprint density at radius 1 is 0.816 bits per heavy atom. The van der Waals surface area contributed by atoms with E-state index in [2.05, 4.69) is 52.3 Å². The minimum atomic E-state index is 0.139. The van der Waals surface area contributed by atoms with E-state index < -0.39 is 0 Å². The van der Waals surface area contributed by atoms with Gasteiger partial charge in [0.2, 0.25) is 0 Å². The summed E-state index contributed by atoms with van der Waals surface area (Å²) < 4.78 is 5.92. The monoisotopic (exact) mass is 512 g/mol. The Hall–Kier alpha value is -2.33. The van der Waals surface area contributed by atoms with Gasteiger partial charge in [0.1, 0.15) is 5.75 Å². The normalized spacial score (nSPS) is 32.3. The van der Waals surface area contributed by atoms with Gasteiger partial charge in [0, 0.05) is 42.8 Å². The predicted molar refractivity (Wildman–Crippen MR) is 152 cm³/mol. The quantitative estimate of drug-likeness (QED) is 0.443. The average Bonchev–Trinajstić information content (AvgIpc) is 2.97. The smallest absolute Gasteiger partial charge is 0.253 e. The van der Waals surface area contributed by atoms with Crippen molar-refractivity contribution in [1.82, 2.24) is 9.80 Å². The molecule has 8 rings (SSSR count). The molecule has 1 saturated heterocycles. The van der Waals surface area contributed by atoms with Gasteiger partial charge in [0.25, 0.3) is 5.91 Å². The van der Waals surface area contributed by atoms with Crippen LogP contribution in [0.5, 0.6) is 5.75 Å². The Kier molecular flexibility index (Phi) is 6.30. The fourth-order valence-electron chi connectivity index (χ4n) is 9.89. The van der Waals surface area contributed by atoms with Crippen molar-refractivity contribution in [2.24, 2.45) is 17.8 Å². The summed E-state index contributed by atoms with van der Waals surface area (Å²) in [6, 6.07) is 17.5. The van der Waals surface area contributed by atoms with E-state index in [1.54, 1.807) is 7.11 Å². The van der Waals surface area contributed by atoms with Crippen LogP contribution in [0.1, 0.15) is 92.1 Å². The molecule has 0 spiro atoms. The summed E-state index contributed by atoms with van der Waals surface area (Å²) in [5, 5.41) is 0. The lowest BCUT2D eigenvalue weighted by Gasteiger charge is -2.57. The van der Waals surface area contributed by atoms with Crippen LogP contribution < -0.4 is 4.74 Å². The lowest BCUT2D eigenvalue weighted by Crippen LogP contribution is -2.57. The number of carbonyl (C=O) groups excluding carboxylic acids is 1. The minimum Gasteiger partial charge on any atom is -0.496 e. The molecule has 2 aromatic rings. The molecule has 0 aromatic heterocycles. The Balaban J connectivity index is 1.10. The number of hydrogen-bond donors (Lipinski definition) is 0. The third-order valence-electron chi connectivity index (χ3n) is 11.2. The van der Waals surface area contributed by atoms with E-state index in [4.69, 9.17) is 4.74 Å². The third-order valence-corrected chi connectivity index (χ3v) is 11.2. The number of piperazine rings is 1. The van der Waals surface area contributed by atoms with E-state index in [1.807, 2.05) is 6.07 Å². The fourth-order valence-corrected chi connectivity index (χ4v) is 9.89. The van der Waals surface area contributed by atoms with Crippen LogP contribution in [0.3, 0.4) is 0 Å². The Morgan fingerprint density at radius 2 is 1.45 bits per heavy atom. The first-order valence-corrected chi connectivity index (χ1v) is 15.4. The Bertz CT molecular complexity index is 1120. The van der Waals surface area contributed by atoms with Crippen molar-refractivity contribution in [3.05, 3.63) is 65.2 Å². The highest BCUT2D eigenvalue weighted by Crippen LogP contribution is 2.62. The van der Waals surface area contributed by atoms with Gasteiger partial charge in [-0.15, -0.1) is 0 Å². The van der Waals surface area contributed by atoms with Crippen LogP contribution >= 0.6 is 0 Å².